The molecule has 3 fully saturated rings. The zero-order valence-corrected chi connectivity index (χ0v) is 31.6. The standard InChI is InChI=1S/C38H42FN7O7S2/c39-28-11-8-9-23-19-45(21-27(23)28)37(50)53-25-17-32-33(47)43-38(35(49)44-55(51,52)26-14-15-26)18-24(38)10-4-2-1-3-5-13-30(34(48)46(32)20-25)41-36-42-31(22-54-36)29-12-6-7-16-40-29/h4,6-12,16,22,24-26,30,32H,1-3,5,13-15,17-21H2,(H,41,42)(H,43,47)(H,44,49)/b10-4-/t24-,25+,30-,32-,38-/m0/s1. The first kappa shape index (κ1) is 37.0. The third kappa shape index (κ3) is 7.81. The number of pyridine rings is 1. The Morgan fingerprint density at radius 3 is 2.67 bits per heavy atom. The van der Waals surface area contributed by atoms with Gasteiger partial charge in [0.25, 0.3) is 5.91 Å². The molecule has 1 aromatic carbocycles. The number of carbonyl (C=O) groups excluding carboxylic acids is 4. The molecule has 0 radical (unpaired) electrons. The number of nitrogens with one attached hydrogen (secondary N) is 3. The first-order valence-corrected chi connectivity index (χ1v) is 21.1. The van der Waals surface area contributed by atoms with Crippen LogP contribution in [0.4, 0.5) is 14.3 Å². The number of hydrogen-bond donors (Lipinski definition) is 3. The van der Waals surface area contributed by atoms with Crippen molar-refractivity contribution in [3.8, 4) is 11.4 Å². The highest BCUT2D eigenvalue weighted by atomic mass is 32.2. The molecule has 0 spiro atoms. The maximum absolute atomic E-state index is 14.6. The predicted octanol–water partition coefficient (Wildman–Crippen LogP) is 4.25. The third-order valence-corrected chi connectivity index (χ3v) is 13.6. The SMILES string of the molecule is O=C1N[C@@]2(C(=O)NS(=O)(=O)C3CC3)C[C@@H]2/C=C\CCCCC[C@H](Nc2nc(-c3ccccn3)cs2)C(=O)N2C[C@H](OC(=O)N3Cc4cccc(F)c4C3)C[C@@H]12. The van der Waals surface area contributed by atoms with Gasteiger partial charge < -0.3 is 20.3 Å². The summed E-state index contributed by atoms with van der Waals surface area (Å²) < 4.78 is 48.2. The van der Waals surface area contributed by atoms with Gasteiger partial charge in [-0.1, -0.05) is 43.2 Å². The molecule has 8 rings (SSSR count). The smallest absolute Gasteiger partial charge is 0.410 e. The van der Waals surface area contributed by atoms with E-state index in [2.05, 4.69) is 25.3 Å². The number of amides is 4. The van der Waals surface area contributed by atoms with Gasteiger partial charge in [0.15, 0.2) is 5.13 Å². The lowest BCUT2D eigenvalue weighted by atomic mass is 10.1. The van der Waals surface area contributed by atoms with Gasteiger partial charge in [0.2, 0.25) is 21.8 Å². The fourth-order valence-corrected chi connectivity index (χ4v) is 9.82. The van der Waals surface area contributed by atoms with Crippen LogP contribution in [-0.4, -0.2) is 87.5 Å². The number of aromatic nitrogens is 2. The molecule has 17 heteroatoms. The first-order chi connectivity index (χ1) is 26.5. The second-order valence-electron chi connectivity index (χ2n) is 14.9. The summed E-state index contributed by atoms with van der Waals surface area (Å²) in [5.41, 5.74) is 0.888. The summed E-state index contributed by atoms with van der Waals surface area (Å²) in [6, 6.07) is 8.24. The van der Waals surface area contributed by atoms with Crippen molar-refractivity contribution in [2.24, 2.45) is 5.92 Å². The summed E-state index contributed by atoms with van der Waals surface area (Å²) in [6.45, 7) is 0.0736. The van der Waals surface area contributed by atoms with Gasteiger partial charge in [-0.3, -0.25) is 29.0 Å². The number of rotatable bonds is 7. The Labute approximate surface area is 322 Å². The summed E-state index contributed by atoms with van der Waals surface area (Å²) in [5, 5.41) is 7.86. The fraction of sp³-hybridized carbons (Fsp3) is 0.474. The Hall–Kier alpha value is -4.90. The van der Waals surface area contributed by atoms with Crippen molar-refractivity contribution in [1.82, 2.24) is 29.8 Å². The van der Waals surface area contributed by atoms with Gasteiger partial charge in [0.05, 0.1) is 24.0 Å². The molecule has 2 aliphatic carbocycles. The van der Waals surface area contributed by atoms with E-state index in [0.717, 1.165) is 12.8 Å². The van der Waals surface area contributed by atoms with Crippen LogP contribution < -0.4 is 15.4 Å². The summed E-state index contributed by atoms with van der Waals surface area (Å²) in [5.74, 6) is -2.72. The monoisotopic (exact) mass is 791 g/mol. The van der Waals surface area contributed by atoms with E-state index in [4.69, 9.17) is 4.74 Å². The maximum atomic E-state index is 14.6. The topological polar surface area (TPSA) is 180 Å². The van der Waals surface area contributed by atoms with Crippen LogP contribution in [-0.2, 0) is 42.2 Å². The number of hydrogen-bond acceptors (Lipinski definition) is 11. The van der Waals surface area contributed by atoms with Crippen molar-refractivity contribution in [3.63, 3.8) is 0 Å². The number of sulfonamides is 1. The van der Waals surface area contributed by atoms with Gasteiger partial charge in [-0.05, 0) is 62.3 Å². The van der Waals surface area contributed by atoms with Gasteiger partial charge in [-0.2, -0.15) is 0 Å². The van der Waals surface area contributed by atoms with E-state index in [1.165, 1.54) is 27.2 Å². The van der Waals surface area contributed by atoms with E-state index in [0.29, 0.717) is 59.8 Å². The van der Waals surface area contributed by atoms with Crippen LogP contribution in [0.15, 0.2) is 60.1 Å². The molecule has 3 N–H and O–H groups in total. The minimum absolute atomic E-state index is 0.0245. The van der Waals surface area contributed by atoms with Gasteiger partial charge in [-0.25, -0.2) is 22.6 Å². The van der Waals surface area contributed by atoms with Crippen molar-refractivity contribution in [2.75, 3.05) is 11.9 Å². The molecular weight excluding hydrogens is 750 g/mol. The molecule has 3 aromatic rings. The van der Waals surface area contributed by atoms with Gasteiger partial charge in [0, 0.05) is 36.0 Å². The highest BCUT2D eigenvalue weighted by molar-refractivity contribution is 7.91. The predicted molar refractivity (Wildman–Crippen MR) is 200 cm³/mol. The third-order valence-electron chi connectivity index (χ3n) is 11.0. The number of ether oxygens (including phenoxy) is 1. The van der Waals surface area contributed by atoms with E-state index >= 15 is 0 Å². The molecule has 14 nitrogen and oxygen atoms in total. The number of allylic oxidation sites excluding steroid dienone is 1. The highest BCUT2D eigenvalue weighted by Gasteiger charge is 2.62. The molecule has 55 heavy (non-hydrogen) atoms. The molecule has 5 atom stereocenters. The lowest BCUT2D eigenvalue weighted by Crippen LogP contribution is -2.57. The molecule has 2 saturated carbocycles. The Bertz CT molecular complexity index is 2130. The first-order valence-electron chi connectivity index (χ1n) is 18.7. The van der Waals surface area contributed by atoms with Crippen LogP contribution in [0.25, 0.3) is 11.4 Å². The number of anilines is 1. The van der Waals surface area contributed by atoms with Crippen LogP contribution >= 0.6 is 11.3 Å². The lowest BCUT2D eigenvalue weighted by molar-refractivity contribution is -0.140. The van der Waals surface area contributed by atoms with Crippen LogP contribution in [0.2, 0.25) is 0 Å². The van der Waals surface area contributed by atoms with Crippen LogP contribution in [0.5, 0.6) is 0 Å². The molecule has 290 valence electrons. The number of benzene rings is 1. The second-order valence-corrected chi connectivity index (χ2v) is 17.8. The van der Waals surface area contributed by atoms with Crippen LogP contribution in [0, 0.1) is 11.7 Å². The zero-order valence-electron chi connectivity index (χ0n) is 30.0. The largest absolute Gasteiger partial charge is 0.444 e. The molecule has 0 unspecified atom stereocenters. The number of thiazole rings is 1. The van der Waals surface area contributed by atoms with Gasteiger partial charge >= 0.3 is 6.09 Å². The highest BCUT2D eigenvalue weighted by Crippen LogP contribution is 2.46. The van der Waals surface area contributed by atoms with E-state index in [1.54, 1.807) is 18.3 Å². The molecule has 0 bridgehead atoms. The quantitative estimate of drug-likeness (QED) is 0.293. The van der Waals surface area contributed by atoms with Crippen molar-refractivity contribution < 1.29 is 36.7 Å². The molecule has 1 saturated heterocycles. The molecule has 3 aliphatic heterocycles. The van der Waals surface area contributed by atoms with Crippen molar-refractivity contribution >= 4 is 50.3 Å². The molecular formula is C38H42FN7O7S2. The minimum Gasteiger partial charge on any atom is -0.444 e. The van der Waals surface area contributed by atoms with Crippen LogP contribution in [0.1, 0.15) is 68.9 Å². The minimum atomic E-state index is -3.91. The average Bonchev–Trinajstić information content (AvgIpc) is 3.97. The number of nitrogens with zero attached hydrogens (tertiary/aromatic N) is 4. The molecule has 5 aliphatic rings. The molecule has 5 heterocycles. The van der Waals surface area contributed by atoms with Crippen molar-refractivity contribution in [1.29, 1.82) is 0 Å². The fourth-order valence-electron chi connectivity index (χ4n) is 7.70. The van der Waals surface area contributed by atoms with Crippen LogP contribution in [0.3, 0.4) is 0 Å². The summed E-state index contributed by atoms with van der Waals surface area (Å²) in [6.07, 6.45) is 8.40. The Morgan fingerprint density at radius 1 is 1.04 bits per heavy atom. The normalized spacial score (nSPS) is 27.4. The van der Waals surface area contributed by atoms with E-state index in [-0.39, 0.29) is 32.5 Å². The Morgan fingerprint density at radius 2 is 1.89 bits per heavy atom. The van der Waals surface area contributed by atoms with E-state index < -0.39 is 74.5 Å². The summed E-state index contributed by atoms with van der Waals surface area (Å²) in [4.78, 5) is 67.9. The number of fused-ring (bicyclic) bond motifs is 3. The van der Waals surface area contributed by atoms with E-state index in [1.807, 2.05) is 35.7 Å². The van der Waals surface area contributed by atoms with Crippen molar-refractivity contribution in [2.45, 2.75) is 99.9 Å². The number of carbonyl (C=O) groups is 4. The Balaban J connectivity index is 1.06. The van der Waals surface area contributed by atoms with Gasteiger partial charge in [0.1, 0.15) is 35.2 Å². The zero-order chi connectivity index (χ0) is 38.3. The molecule has 4 amide bonds. The lowest BCUT2D eigenvalue weighted by Gasteiger charge is -2.29. The van der Waals surface area contributed by atoms with Crippen molar-refractivity contribution in [3.05, 3.63) is 77.1 Å². The Kier molecular flexibility index (Phi) is 10.1. The number of halogens is 1. The summed E-state index contributed by atoms with van der Waals surface area (Å²) >= 11 is 1.33. The maximum Gasteiger partial charge on any atom is 0.410 e. The van der Waals surface area contributed by atoms with Gasteiger partial charge in [-0.15, -0.1) is 11.3 Å². The molecule has 2 aromatic heterocycles. The van der Waals surface area contributed by atoms with E-state index in [9.17, 15) is 32.0 Å². The second kappa shape index (κ2) is 15.0. The summed E-state index contributed by atoms with van der Waals surface area (Å²) in [7, 11) is -3.91. The average molecular weight is 792 g/mol.